The molecule has 0 spiro atoms. The lowest BCUT2D eigenvalue weighted by molar-refractivity contribution is -0.137. The molecule has 4 rings (SSSR count). The first-order chi connectivity index (χ1) is 15.8. The topological polar surface area (TPSA) is 51.2 Å². The molecule has 0 aliphatic carbocycles. The fraction of sp³-hybridized carbons (Fsp3) is 0.200. The van der Waals surface area contributed by atoms with Crippen molar-refractivity contribution in [1.82, 2.24) is 10.3 Å². The van der Waals surface area contributed by atoms with E-state index >= 15 is 0 Å². The maximum absolute atomic E-state index is 13.0. The van der Waals surface area contributed by atoms with E-state index in [0.29, 0.717) is 30.7 Å². The first-order valence-electron chi connectivity index (χ1n) is 10.3. The summed E-state index contributed by atoms with van der Waals surface area (Å²) in [6.07, 6.45) is -4.07. The zero-order chi connectivity index (χ0) is 23.4. The monoisotopic (exact) mass is 470 g/mol. The van der Waals surface area contributed by atoms with Crippen LogP contribution in [0.4, 0.5) is 13.2 Å². The van der Waals surface area contributed by atoms with Crippen LogP contribution >= 0.6 is 11.3 Å². The van der Waals surface area contributed by atoms with Crippen LogP contribution < -0.4 is 5.32 Å². The molecular formula is C25H21F3N2O2S. The molecule has 170 valence electrons. The van der Waals surface area contributed by atoms with E-state index in [1.165, 1.54) is 23.5 Å². The number of carbonyl (C=O) groups is 1. The Morgan fingerprint density at radius 3 is 2.64 bits per heavy atom. The van der Waals surface area contributed by atoms with E-state index in [1.54, 1.807) is 19.2 Å². The van der Waals surface area contributed by atoms with Crippen LogP contribution in [0.5, 0.6) is 0 Å². The molecule has 4 aromatic rings. The van der Waals surface area contributed by atoms with Crippen molar-refractivity contribution in [2.24, 2.45) is 0 Å². The predicted molar refractivity (Wildman–Crippen MR) is 124 cm³/mol. The number of nitrogens with one attached hydrogen (secondary N) is 1. The summed E-state index contributed by atoms with van der Waals surface area (Å²) in [4.78, 5) is 17.1. The maximum Gasteiger partial charge on any atom is 0.416 e. The molecular weight excluding hydrogens is 449 g/mol. The van der Waals surface area contributed by atoms with Crippen molar-refractivity contribution in [3.05, 3.63) is 88.4 Å². The molecule has 3 aromatic carbocycles. The second-order valence-corrected chi connectivity index (χ2v) is 8.55. The molecule has 1 heterocycles. The van der Waals surface area contributed by atoms with Gasteiger partial charge in [-0.2, -0.15) is 13.2 Å². The number of methoxy groups -OCH3 is 1. The third kappa shape index (κ3) is 5.40. The molecule has 4 nitrogen and oxygen atoms in total. The summed E-state index contributed by atoms with van der Waals surface area (Å²) in [5, 5.41) is 3.54. The number of benzene rings is 3. The van der Waals surface area contributed by atoms with Crippen LogP contribution in [0.1, 0.15) is 26.5 Å². The van der Waals surface area contributed by atoms with E-state index in [1.807, 2.05) is 36.4 Å². The van der Waals surface area contributed by atoms with Gasteiger partial charge in [-0.1, -0.05) is 42.5 Å². The van der Waals surface area contributed by atoms with Gasteiger partial charge in [-0.15, -0.1) is 11.3 Å². The first-order valence-corrected chi connectivity index (χ1v) is 11.1. The van der Waals surface area contributed by atoms with Gasteiger partial charge in [0, 0.05) is 31.2 Å². The molecule has 0 saturated carbocycles. The van der Waals surface area contributed by atoms with Crippen molar-refractivity contribution in [2.45, 2.75) is 12.6 Å². The summed E-state index contributed by atoms with van der Waals surface area (Å²) in [5.74, 6) is -0.185. The molecule has 0 saturated heterocycles. The van der Waals surface area contributed by atoms with Gasteiger partial charge in [0.05, 0.1) is 27.4 Å². The van der Waals surface area contributed by atoms with E-state index in [2.05, 4.69) is 10.3 Å². The van der Waals surface area contributed by atoms with Crippen molar-refractivity contribution in [1.29, 1.82) is 0 Å². The number of alkyl halides is 3. The van der Waals surface area contributed by atoms with E-state index < -0.39 is 11.7 Å². The van der Waals surface area contributed by atoms with E-state index in [4.69, 9.17) is 4.74 Å². The average molecular weight is 471 g/mol. The second kappa shape index (κ2) is 9.72. The average Bonchev–Trinajstić information content (AvgIpc) is 3.21. The van der Waals surface area contributed by atoms with Gasteiger partial charge in [0.25, 0.3) is 5.91 Å². The number of nitrogens with zero attached hydrogens (tertiary/aromatic N) is 1. The molecule has 8 heteroatoms. The lowest BCUT2D eigenvalue weighted by Crippen LogP contribution is -2.26. The molecule has 1 N–H and O–H groups in total. The minimum absolute atomic E-state index is 0.185. The number of hydrogen-bond acceptors (Lipinski definition) is 4. The predicted octanol–water partition coefficient (Wildman–Crippen LogP) is 5.95. The van der Waals surface area contributed by atoms with Crippen LogP contribution in [0.3, 0.4) is 0 Å². The molecule has 33 heavy (non-hydrogen) atoms. The standard InChI is InChI=1S/C25H21F3N2O2S/c1-32-12-11-29-24(31)18-7-3-6-17(15-18)20-9-4-10-21-23(20)33-22(30-21)14-16-5-2-8-19(13-16)25(26,27)28/h2-10,13,15H,11-12,14H2,1H3,(H,29,31). The molecule has 0 unspecified atom stereocenters. The highest BCUT2D eigenvalue weighted by Crippen LogP contribution is 2.35. The molecule has 0 aliphatic heterocycles. The van der Waals surface area contributed by atoms with Crippen molar-refractivity contribution in [2.75, 3.05) is 20.3 Å². The number of halogens is 3. The highest BCUT2D eigenvalue weighted by molar-refractivity contribution is 7.19. The second-order valence-electron chi connectivity index (χ2n) is 7.47. The number of rotatable bonds is 7. The van der Waals surface area contributed by atoms with E-state index in [-0.39, 0.29) is 5.91 Å². The number of carbonyl (C=O) groups excluding carboxylic acids is 1. The Kier molecular flexibility index (Phi) is 6.76. The van der Waals surface area contributed by atoms with Crippen LogP contribution in [0.2, 0.25) is 0 Å². The highest BCUT2D eigenvalue weighted by atomic mass is 32.1. The van der Waals surface area contributed by atoms with Gasteiger partial charge in [-0.25, -0.2) is 4.98 Å². The largest absolute Gasteiger partial charge is 0.416 e. The Balaban J connectivity index is 1.63. The molecule has 1 amide bonds. The summed E-state index contributed by atoms with van der Waals surface area (Å²) in [5.41, 5.74) is 2.99. The lowest BCUT2D eigenvalue weighted by atomic mass is 10.0. The highest BCUT2D eigenvalue weighted by Gasteiger charge is 2.30. The summed E-state index contributed by atoms with van der Waals surface area (Å²) in [6.45, 7) is 0.850. The first kappa shape index (κ1) is 22.9. The maximum atomic E-state index is 13.0. The molecule has 0 bridgehead atoms. The Labute approximate surface area is 193 Å². The van der Waals surface area contributed by atoms with Crippen molar-refractivity contribution in [3.8, 4) is 11.1 Å². The summed E-state index contributed by atoms with van der Waals surface area (Å²) in [7, 11) is 1.57. The quantitative estimate of drug-likeness (QED) is 0.340. The van der Waals surface area contributed by atoms with Crippen LogP contribution in [-0.4, -0.2) is 31.2 Å². The van der Waals surface area contributed by atoms with Gasteiger partial charge in [0.1, 0.15) is 0 Å². The zero-order valence-corrected chi connectivity index (χ0v) is 18.6. The van der Waals surface area contributed by atoms with Crippen LogP contribution in [-0.2, 0) is 17.3 Å². The zero-order valence-electron chi connectivity index (χ0n) is 17.8. The minimum atomic E-state index is -4.38. The molecule has 1 aromatic heterocycles. The van der Waals surface area contributed by atoms with Gasteiger partial charge in [0.2, 0.25) is 0 Å². The van der Waals surface area contributed by atoms with Crippen molar-refractivity contribution in [3.63, 3.8) is 0 Å². The van der Waals surface area contributed by atoms with Crippen LogP contribution in [0.15, 0.2) is 66.7 Å². The van der Waals surface area contributed by atoms with Gasteiger partial charge in [-0.05, 0) is 35.4 Å². The lowest BCUT2D eigenvalue weighted by Gasteiger charge is -2.08. The van der Waals surface area contributed by atoms with Crippen LogP contribution in [0.25, 0.3) is 21.3 Å². The third-order valence-electron chi connectivity index (χ3n) is 5.10. The van der Waals surface area contributed by atoms with Gasteiger partial charge in [-0.3, -0.25) is 4.79 Å². The van der Waals surface area contributed by atoms with E-state index in [9.17, 15) is 18.0 Å². The van der Waals surface area contributed by atoms with Gasteiger partial charge < -0.3 is 10.1 Å². The fourth-order valence-corrected chi connectivity index (χ4v) is 4.66. The molecule has 0 fully saturated rings. The number of aromatic nitrogens is 1. The molecule has 0 atom stereocenters. The van der Waals surface area contributed by atoms with Gasteiger partial charge >= 0.3 is 6.18 Å². The summed E-state index contributed by atoms with van der Waals surface area (Å²) >= 11 is 1.45. The van der Waals surface area contributed by atoms with Gasteiger partial charge in [0.15, 0.2) is 0 Å². The summed E-state index contributed by atoms with van der Waals surface area (Å²) in [6, 6.07) is 18.4. The Bertz CT molecular complexity index is 1280. The Morgan fingerprint density at radius 2 is 1.85 bits per heavy atom. The number of hydrogen-bond donors (Lipinski definition) is 1. The molecule has 0 radical (unpaired) electrons. The normalized spacial score (nSPS) is 11.6. The van der Waals surface area contributed by atoms with Crippen molar-refractivity contribution >= 4 is 27.5 Å². The van der Waals surface area contributed by atoms with Crippen LogP contribution in [0, 0.1) is 0 Å². The summed E-state index contributed by atoms with van der Waals surface area (Å²) < 4.78 is 45.0. The Morgan fingerprint density at radius 1 is 1.06 bits per heavy atom. The van der Waals surface area contributed by atoms with E-state index in [0.717, 1.165) is 32.4 Å². The SMILES string of the molecule is COCCNC(=O)c1cccc(-c2cccc3nc(Cc4cccc(C(F)(F)F)c4)sc23)c1. The number of amides is 1. The Hall–Kier alpha value is -3.23. The minimum Gasteiger partial charge on any atom is -0.383 e. The van der Waals surface area contributed by atoms with Crippen molar-refractivity contribution < 1.29 is 22.7 Å². The number of fused-ring (bicyclic) bond motifs is 1. The fourth-order valence-electron chi connectivity index (χ4n) is 3.53. The molecule has 0 aliphatic rings. The number of ether oxygens (including phenoxy) is 1. The smallest absolute Gasteiger partial charge is 0.383 e. The third-order valence-corrected chi connectivity index (χ3v) is 6.20. The number of thiazole rings is 1.